The standard InChI is InChI=1S/C19H16F2N2O4S/c1-26-15-3-5-16(6-4-15)27-19-10-13(8-9-22-19)12-23-28(24,25)18-7-2-14(20)11-17(18)21/h2-11,23H,12H2,1H3. The number of rotatable bonds is 7. The molecule has 1 heterocycles. The van der Waals surface area contributed by atoms with Crippen molar-refractivity contribution in [2.24, 2.45) is 0 Å². The van der Waals surface area contributed by atoms with Gasteiger partial charge in [0.25, 0.3) is 0 Å². The average Bonchev–Trinajstić information content (AvgIpc) is 2.67. The third-order valence-electron chi connectivity index (χ3n) is 3.73. The number of benzene rings is 2. The highest BCUT2D eigenvalue weighted by atomic mass is 32.2. The predicted octanol–water partition coefficient (Wildman–Crippen LogP) is 3.64. The summed E-state index contributed by atoms with van der Waals surface area (Å²) in [4.78, 5) is 3.44. The van der Waals surface area contributed by atoms with Gasteiger partial charge in [-0.05, 0) is 48.0 Å². The lowest BCUT2D eigenvalue weighted by molar-refractivity contribution is 0.412. The monoisotopic (exact) mass is 406 g/mol. The van der Waals surface area contributed by atoms with Gasteiger partial charge in [0.2, 0.25) is 15.9 Å². The second kappa shape index (κ2) is 8.32. The predicted molar refractivity (Wildman–Crippen MR) is 97.7 cm³/mol. The Bertz CT molecular complexity index is 1070. The maximum atomic E-state index is 13.7. The molecule has 2 aromatic carbocycles. The van der Waals surface area contributed by atoms with E-state index in [9.17, 15) is 17.2 Å². The van der Waals surface area contributed by atoms with Gasteiger partial charge in [0, 0.05) is 24.9 Å². The van der Waals surface area contributed by atoms with Gasteiger partial charge >= 0.3 is 0 Å². The number of sulfonamides is 1. The first-order chi connectivity index (χ1) is 13.4. The molecule has 1 N–H and O–H groups in total. The van der Waals surface area contributed by atoms with Crippen LogP contribution in [0.15, 0.2) is 65.7 Å². The molecule has 3 aromatic rings. The van der Waals surface area contributed by atoms with Gasteiger partial charge in [-0.3, -0.25) is 0 Å². The fourth-order valence-electron chi connectivity index (χ4n) is 2.33. The molecule has 0 bridgehead atoms. The second-order valence-corrected chi connectivity index (χ2v) is 7.41. The number of halogens is 2. The number of hydrogen-bond donors (Lipinski definition) is 1. The molecular weight excluding hydrogens is 390 g/mol. The summed E-state index contributed by atoms with van der Waals surface area (Å²) in [6.45, 7) is -0.124. The fraction of sp³-hybridized carbons (Fsp3) is 0.105. The lowest BCUT2D eigenvalue weighted by atomic mass is 10.3. The van der Waals surface area contributed by atoms with Crippen LogP contribution >= 0.6 is 0 Å². The van der Waals surface area contributed by atoms with E-state index in [4.69, 9.17) is 9.47 Å². The van der Waals surface area contributed by atoms with Gasteiger partial charge in [0.15, 0.2) is 0 Å². The summed E-state index contributed by atoms with van der Waals surface area (Å²) in [6.07, 6.45) is 1.46. The topological polar surface area (TPSA) is 77.5 Å². The molecular formula is C19H16F2N2O4S. The minimum Gasteiger partial charge on any atom is -0.497 e. The first-order valence-corrected chi connectivity index (χ1v) is 9.57. The molecule has 0 unspecified atom stereocenters. The summed E-state index contributed by atoms with van der Waals surface area (Å²) in [7, 11) is -2.60. The lowest BCUT2D eigenvalue weighted by Gasteiger charge is -2.09. The molecule has 3 rings (SSSR count). The van der Waals surface area contributed by atoms with Gasteiger partial charge in [0.05, 0.1) is 7.11 Å². The second-order valence-electron chi connectivity index (χ2n) is 5.68. The zero-order chi connectivity index (χ0) is 20.1. The number of nitrogens with zero attached hydrogens (tertiary/aromatic N) is 1. The van der Waals surface area contributed by atoms with Crippen LogP contribution in [0.3, 0.4) is 0 Å². The molecule has 0 fully saturated rings. The number of aromatic nitrogens is 1. The minimum atomic E-state index is -4.15. The summed E-state index contributed by atoms with van der Waals surface area (Å²) in [5.74, 6) is -0.553. The molecule has 28 heavy (non-hydrogen) atoms. The zero-order valence-corrected chi connectivity index (χ0v) is 15.5. The molecule has 0 amide bonds. The van der Waals surface area contributed by atoms with Crippen molar-refractivity contribution in [3.8, 4) is 17.4 Å². The fourth-order valence-corrected chi connectivity index (χ4v) is 3.41. The van der Waals surface area contributed by atoms with Crippen LogP contribution in [0.2, 0.25) is 0 Å². The summed E-state index contributed by atoms with van der Waals surface area (Å²) >= 11 is 0. The highest BCUT2D eigenvalue weighted by molar-refractivity contribution is 7.89. The van der Waals surface area contributed by atoms with Crippen molar-refractivity contribution in [1.82, 2.24) is 9.71 Å². The molecule has 0 saturated heterocycles. The first kappa shape index (κ1) is 19.7. The van der Waals surface area contributed by atoms with Crippen LogP contribution in [-0.2, 0) is 16.6 Å². The van der Waals surface area contributed by atoms with Crippen LogP contribution in [0.5, 0.6) is 17.4 Å². The Hall–Kier alpha value is -3.04. The summed E-state index contributed by atoms with van der Waals surface area (Å²) in [5, 5.41) is 0. The van der Waals surface area contributed by atoms with Crippen molar-refractivity contribution in [2.45, 2.75) is 11.4 Å². The molecule has 9 heteroatoms. The van der Waals surface area contributed by atoms with Crippen molar-refractivity contribution in [1.29, 1.82) is 0 Å². The van der Waals surface area contributed by atoms with E-state index in [0.29, 0.717) is 23.1 Å². The Morgan fingerprint density at radius 1 is 1.00 bits per heavy atom. The van der Waals surface area contributed by atoms with E-state index in [-0.39, 0.29) is 12.4 Å². The third kappa shape index (κ3) is 4.81. The van der Waals surface area contributed by atoms with Crippen LogP contribution in [0.25, 0.3) is 0 Å². The smallest absolute Gasteiger partial charge is 0.243 e. The summed E-state index contributed by atoms with van der Waals surface area (Å²) < 4.78 is 64.1. The Balaban J connectivity index is 1.70. The minimum absolute atomic E-state index is 0.124. The van der Waals surface area contributed by atoms with E-state index < -0.39 is 26.6 Å². The van der Waals surface area contributed by atoms with Crippen molar-refractivity contribution in [3.63, 3.8) is 0 Å². The van der Waals surface area contributed by atoms with Crippen LogP contribution in [-0.4, -0.2) is 20.5 Å². The van der Waals surface area contributed by atoms with Crippen LogP contribution < -0.4 is 14.2 Å². The van der Waals surface area contributed by atoms with E-state index in [1.165, 1.54) is 6.20 Å². The number of pyridine rings is 1. The maximum Gasteiger partial charge on any atom is 0.243 e. The lowest BCUT2D eigenvalue weighted by Crippen LogP contribution is -2.24. The van der Waals surface area contributed by atoms with Crippen molar-refractivity contribution >= 4 is 10.0 Å². The Labute approximate surface area is 160 Å². The van der Waals surface area contributed by atoms with E-state index in [1.807, 2.05) is 0 Å². The van der Waals surface area contributed by atoms with E-state index in [2.05, 4.69) is 9.71 Å². The molecule has 0 aliphatic carbocycles. The molecule has 0 atom stereocenters. The van der Waals surface area contributed by atoms with E-state index >= 15 is 0 Å². The quantitative estimate of drug-likeness (QED) is 0.648. The summed E-state index contributed by atoms with van der Waals surface area (Å²) in [6, 6.07) is 12.3. The molecule has 6 nitrogen and oxygen atoms in total. The van der Waals surface area contributed by atoms with Gasteiger partial charge in [-0.25, -0.2) is 26.9 Å². The normalized spacial score (nSPS) is 11.2. The average molecular weight is 406 g/mol. The molecule has 0 radical (unpaired) electrons. The molecule has 1 aromatic heterocycles. The number of nitrogens with one attached hydrogen (secondary N) is 1. The maximum absolute atomic E-state index is 13.7. The Kier molecular flexibility index (Phi) is 5.86. The Morgan fingerprint density at radius 2 is 1.71 bits per heavy atom. The SMILES string of the molecule is COc1ccc(Oc2cc(CNS(=O)(=O)c3ccc(F)cc3F)ccn2)cc1. The number of hydrogen-bond acceptors (Lipinski definition) is 5. The zero-order valence-electron chi connectivity index (χ0n) is 14.7. The van der Waals surface area contributed by atoms with Gasteiger partial charge in [-0.2, -0.15) is 0 Å². The van der Waals surface area contributed by atoms with Crippen molar-refractivity contribution in [2.75, 3.05) is 7.11 Å². The first-order valence-electron chi connectivity index (χ1n) is 8.09. The van der Waals surface area contributed by atoms with Gasteiger partial charge in [-0.1, -0.05) is 0 Å². The molecule has 0 saturated carbocycles. The van der Waals surface area contributed by atoms with Crippen molar-refractivity contribution < 1.29 is 26.7 Å². The number of methoxy groups -OCH3 is 1. The van der Waals surface area contributed by atoms with E-state index in [0.717, 1.165) is 12.1 Å². The number of ether oxygens (including phenoxy) is 2. The van der Waals surface area contributed by atoms with E-state index in [1.54, 1.807) is 43.5 Å². The molecule has 0 spiro atoms. The van der Waals surface area contributed by atoms with Gasteiger partial charge in [-0.15, -0.1) is 0 Å². The molecule has 0 aliphatic rings. The van der Waals surface area contributed by atoms with Crippen LogP contribution in [0.1, 0.15) is 5.56 Å². The van der Waals surface area contributed by atoms with Gasteiger partial charge in [0.1, 0.15) is 28.0 Å². The molecule has 146 valence electrons. The van der Waals surface area contributed by atoms with Crippen molar-refractivity contribution in [3.05, 3.63) is 78.0 Å². The van der Waals surface area contributed by atoms with Crippen LogP contribution in [0, 0.1) is 11.6 Å². The highest BCUT2D eigenvalue weighted by Crippen LogP contribution is 2.23. The summed E-state index contributed by atoms with van der Waals surface area (Å²) in [5.41, 5.74) is 0.546. The largest absolute Gasteiger partial charge is 0.497 e. The third-order valence-corrected chi connectivity index (χ3v) is 5.17. The Morgan fingerprint density at radius 3 is 2.39 bits per heavy atom. The molecule has 0 aliphatic heterocycles. The highest BCUT2D eigenvalue weighted by Gasteiger charge is 2.19. The van der Waals surface area contributed by atoms with Crippen LogP contribution in [0.4, 0.5) is 8.78 Å². The van der Waals surface area contributed by atoms with Gasteiger partial charge < -0.3 is 9.47 Å².